The van der Waals surface area contributed by atoms with Crippen molar-refractivity contribution < 1.29 is 9.47 Å². The molecular formula is C24H21Cl2N3O2. The Morgan fingerprint density at radius 2 is 1.45 bits per heavy atom. The van der Waals surface area contributed by atoms with Crippen LogP contribution in [0, 0.1) is 0 Å². The summed E-state index contributed by atoms with van der Waals surface area (Å²) in [5.41, 5.74) is 7.11. The van der Waals surface area contributed by atoms with E-state index in [2.05, 4.69) is 10.5 Å². The van der Waals surface area contributed by atoms with Gasteiger partial charge in [-0.05, 0) is 74.5 Å². The smallest absolute Gasteiger partial charge is 0.161 e. The van der Waals surface area contributed by atoms with Gasteiger partial charge in [-0.15, -0.1) is 0 Å². The minimum Gasteiger partial charge on any atom is -0.490 e. The molecule has 0 atom stereocenters. The zero-order valence-electron chi connectivity index (χ0n) is 17.2. The van der Waals surface area contributed by atoms with Crippen LogP contribution in [-0.2, 0) is 0 Å². The van der Waals surface area contributed by atoms with Crippen molar-refractivity contribution in [1.29, 1.82) is 0 Å². The Labute approximate surface area is 191 Å². The topological polar surface area (TPSA) is 55.2 Å². The molecule has 0 aromatic heterocycles. The van der Waals surface area contributed by atoms with Gasteiger partial charge in [0.15, 0.2) is 17.3 Å². The lowest BCUT2D eigenvalue weighted by Crippen LogP contribution is -2.19. The van der Waals surface area contributed by atoms with Crippen molar-refractivity contribution in [2.75, 3.05) is 13.2 Å². The maximum atomic E-state index is 6.32. The van der Waals surface area contributed by atoms with Crippen molar-refractivity contribution >= 4 is 40.4 Å². The Morgan fingerprint density at radius 1 is 0.774 bits per heavy atom. The Bertz CT molecular complexity index is 1160. The van der Waals surface area contributed by atoms with Crippen LogP contribution < -0.4 is 14.9 Å². The van der Waals surface area contributed by atoms with Gasteiger partial charge in [-0.2, -0.15) is 5.10 Å². The second-order valence-corrected chi connectivity index (χ2v) is 7.60. The summed E-state index contributed by atoms with van der Waals surface area (Å²) < 4.78 is 11.5. The Morgan fingerprint density at radius 3 is 2.19 bits per heavy atom. The predicted molar refractivity (Wildman–Crippen MR) is 127 cm³/mol. The number of nitrogens with zero attached hydrogens (tertiary/aromatic N) is 2. The van der Waals surface area contributed by atoms with E-state index in [1.807, 2.05) is 74.5 Å². The van der Waals surface area contributed by atoms with Crippen LogP contribution in [0.2, 0.25) is 10.0 Å². The van der Waals surface area contributed by atoms with Crippen molar-refractivity contribution in [3.05, 3.63) is 87.4 Å². The summed E-state index contributed by atoms with van der Waals surface area (Å²) in [6.45, 7) is 4.96. The van der Waals surface area contributed by atoms with Crippen LogP contribution >= 0.6 is 23.2 Å². The summed E-state index contributed by atoms with van der Waals surface area (Å²) in [6, 6.07) is 18.8. The standard InChI is InChI=1S/C24H21Cl2N3O2/c1-3-30-21-12-7-16(13-22(21)31-4-2)23-19-14-18(26)10-11-20(19)27-24(29-28-23)15-5-8-17(25)9-6-15/h5-14H,3-4H2,1-2H3,(H,27,29). The van der Waals surface area contributed by atoms with Crippen LogP contribution in [-0.4, -0.2) is 24.8 Å². The Hall–Kier alpha value is -3.02. The van der Waals surface area contributed by atoms with Crippen LogP contribution in [0.4, 0.5) is 5.69 Å². The molecule has 1 heterocycles. The summed E-state index contributed by atoms with van der Waals surface area (Å²) in [6.07, 6.45) is 0. The van der Waals surface area contributed by atoms with E-state index in [1.54, 1.807) is 0 Å². The highest BCUT2D eigenvalue weighted by atomic mass is 35.5. The number of aliphatic imine (C=N–C) groups is 1. The maximum absolute atomic E-state index is 6.32. The molecule has 7 heteroatoms. The SMILES string of the molecule is CCOc1ccc(C2=NNC(c3ccc(Cl)cc3)=Nc3ccc(Cl)cc32)cc1OCC. The fourth-order valence-electron chi connectivity index (χ4n) is 3.27. The molecule has 0 fully saturated rings. The molecule has 158 valence electrons. The number of rotatable bonds is 6. The van der Waals surface area contributed by atoms with Crippen LogP contribution in [0.25, 0.3) is 0 Å². The van der Waals surface area contributed by atoms with Crippen LogP contribution in [0.1, 0.15) is 30.5 Å². The van der Waals surface area contributed by atoms with Gasteiger partial charge in [0.1, 0.15) is 5.71 Å². The van der Waals surface area contributed by atoms with E-state index in [0.29, 0.717) is 46.3 Å². The molecule has 3 aromatic rings. The average molecular weight is 454 g/mol. The fourth-order valence-corrected chi connectivity index (χ4v) is 3.56. The lowest BCUT2D eigenvalue weighted by atomic mass is 10.0. The van der Waals surface area contributed by atoms with Crippen molar-refractivity contribution in [3.63, 3.8) is 0 Å². The summed E-state index contributed by atoms with van der Waals surface area (Å²) in [7, 11) is 0. The van der Waals surface area contributed by atoms with E-state index in [1.165, 1.54) is 0 Å². The number of halogens is 2. The third-order valence-corrected chi connectivity index (χ3v) is 5.14. The molecule has 0 amide bonds. The zero-order chi connectivity index (χ0) is 21.8. The molecule has 0 bridgehead atoms. The second kappa shape index (κ2) is 9.41. The van der Waals surface area contributed by atoms with Crippen molar-refractivity contribution in [3.8, 4) is 11.5 Å². The van der Waals surface area contributed by atoms with Gasteiger partial charge >= 0.3 is 0 Å². The monoisotopic (exact) mass is 453 g/mol. The highest BCUT2D eigenvalue weighted by Crippen LogP contribution is 2.33. The highest BCUT2D eigenvalue weighted by Gasteiger charge is 2.19. The quantitative estimate of drug-likeness (QED) is 0.481. The van der Waals surface area contributed by atoms with Gasteiger partial charge in [0.05, 0.1) is 18.9 Å². The summed E-state index contributed by atoms with van der Waals surface area (Å²) >= 11 is 12.4. The van der Waals surface area contributed by atoms with Crippen LogP contribution in [0.15, 0.2) is 70.8 Å². The molecule has 5 nitrogen and oxygen atoms in total. The molecule has 3 aromatic carbocycles. The van der Waals surface area contributed by atoms with E-state index in [9.17, 15) is 0 Å². The van der Waals surface area contributed by atoms with E-state index in [0.717, 1.165) is 22.4 Å². The number of ether oxygens (including phenoxy) is 2. The molecule has 1 N–H and O–H groups in total. The van der Waals surface area contributed by atoms with E-state index in [4.69, 9.17) is 37.7 Å². The molecule has 0 spiro atoms. The lowest BCUT2D eigenvalue weighted by molar-refractivity contribution is 0.287. The molecule has 0 saturated heterocycles. The molecule has 0 saturated carbocycles. The maximum Gasteiger partial charge on any atom is 0.161 e. The largest absolute Gasteiger partial charge is 0.490 e. The first-order chi connectivity index (χ1) is 15.1. The fraction of sp³-hybridized carbons (Fsp3) is 0.167. The van der Waals surface area contributed by atoms with Gasteiger partial charge in [-0.1, -0.05) is 23.2 Å². The van der Waals surface area contributed by atoms with E-state index >= 15 is 0 Å². The van der Waals surface area contributed by atoms with Gasteiger partial charge < -0.3 is 9.47 Å². The van der Waals surface area contributed by atoms with Crippen molar-refractivity contribution in [2.24, 2.45) is 10.1 Å². The first kappa shape index (κ1) is 21.2. The molecule has 31 heavy (non-hydrogen) atoms. The van der Waals surface area contributed by atoms with Crippen LogP contribution in [0.3, 0.4) is 0 Å². The van der Waals surface area contributed by atoms with E-state index < -0.39 is 0 Å². The van der Waals surface area contributed by atoms with Gasteiger partial charge in [-0.3, -0.25) is 5.43 Å². The van der Waals surface area contributed by atoms with Crippen LogP contribution in [0.5, 0.6) is 11.5 Å². The number of hydrogen-bond acceptors (Lipinski definition) is 5. The number of hydrazone groups is 1. The average Bonchev–Trinajstić information content (AvgIpc) is 2.95. The molecule has 1 aliphatic heterocycles. The number of amidine groups is 1. The number of benzene rings is 3. The summed E-state index contributed by atoms with van der Waals surface area (Å²) in [5.74, 6) is 1.97. The van der Waals surface area contributed by atoms with Crippen molar-refractivity contribution in [1.82, 2.24) is 5.43 Å². The first-order valence-electron chi connectivity index (χ1n) is 9.97. The second-order valence-electron chi connectivity index (χ2n) is 6.73. The molecule has 4 rings (SSSR count). The Balaban J connectivity index is 1.82. The minimum atomic E-state index is 0.528. The number of nitrogens with one attached hydrogen (secondary N) is 1. The first-order valence-corrected chi connectivity index (χ1v) is 10.7. The normalized spacial score (nSPS) is 12.8. The van der Waals surface area contributed by atoms with Crippen molar-refractivity contribution in [2.45, 2.75) is 13.8 Å². The van der Waals surface area contributed by atoms with Gasteiger partial charge in [0, 0.05) is 26.7 Å². The highest BCUT2D eigenvalue weighted by molar-refractivity contribution is 6.32. The zero-order valence-corrected chi connectivity index (χ0v) is 18.7. The van der Waals surface area contributed by atoms with Gasteiger partial charge in [0.25, 0.3) is 0 Å². The van der Waals surface area contributed by atoms with E-state index in [-0.39, 0.29) is 0 Å². The third kappa shape index (κ3) is 4.68. The summed E-state index contributed by atoms with van der Waals surface area (Å²) in [4.78, 5) is 4.79. The lowest BCUT2D eigenvalue weighted by Gasteiger charge is -2.14. The third-order valence-electron chi connectivity index (χ3n) is 4.65. The molecule has 1 aliphatic rings. The minimum absolute atomic E-state index is 0.528. The summed E-state index contributed by atoms with van der Waals surface area (Å²) in [5, 5.41) is 5.94. The molecule has 0 aliphatic carbocycles. The molecule has 0 unspecified atom stereocenters. The number of hydrogen-bond donors (Lipinski definition) is 1. The molecule has 0 radical (unpaired) electrons. The Kier molecular flexibility index (Phi) is 6.44. The number of fused-ring (bicyclic) bond motifs is 1. The molecular weight excluding hydrogens is 433 g/mol. The van der Waals surface area contributed by atoms with Gasteiger partial charge in [0.2, 0.25) is 0 Å². The predicted octanol–water partition coefficient (Wildman–Crippen LogP) is 6.22. The van der Waals surface area contributed by atoms with Gasteiger partial charge in [-0.25, -0.2) is 4.99 Å².